The first-order valence-corrected chi connectivity index (χ1v) is 2.41. The highest BCUT2D eigenvalue weighted by Gasteiger charge is 1.63. The minimum atomic E-state index is 0.0243. The van der Waals surface area contributed by atoms with Crippen LogP contribution in [-0.4, -0.2) is 11.8 Å². The van der Waals surface area contributed by atoms with Crippen molar-refractivity contribution in [3.8, 4) is 0 Å². The van der Waals surface area contributed by atoms with Gasteiger partial charge in [-0.2, -0.15) is 0 Å². The second-order valence-corrected chi connectivity index (χ2v) is 1.17. The molecular formula is C5H11NO. The smallest absolute Gasteiger partial charge is 0.112 e. The summed E-state index contributed by atoms with van der Waals surface area (Å²) in [7, 11) is 0. The van der Waals surface area contributed by atoms with Crippen LogP contribution in [0.3, 0.4) is 0 Å². The predicted octanol–water partition coefficient (Wildman–Crippen LogP) is 0.450. The molecule has 0 atom stereocenters. The van der Waals surface area contributed by atoms with E-state index in [1.165, 1.54) is 0 Å². The van der Waals surface area contributed by atoms with Gasteiger partial charge in [-0.3, -0.25) is 0 Å². The number of aliphatic hydroxyl groups is 1. The van der Waals surface area contributed by atoms with Crippen LogP contribution in [0.15, 0.2) is 12.3 Å². The zero-order valence-electron chi connectivity index (χ0n) is 4.52. The maximum Gasteiger partial charge on any atom is 0.112 e. The molecule has 0 aliphatic carbocycles. The third kappa shape index (κ3) is 5.50. The fourth-order valence-corrected chi connectivity index (χ4v) is 0.254. The molecule has 0 saturated heterocycles. The topological polar surface area (TPSA) is 32.3 Å². The Balaban J connectivity index is 2.78. The zero-order chi connectivity index (χ0) is 5.54. The Labute approximate surface area is 43.9 Å². The lowest BCUT2D eigenvalue weighted by atomic mass is 10.5. The van der Waals surface area contributed by atoms with Crippen molar-refractivity contribution in [1.29, 1.82) is 0 Å². The van der Waals surface area contributed by atoms with Gasteiger partial charge in [0.15, 0.2) is 0 Å². The summed E-state index contributed by atoms with van der Waals surface area (Å²) in [6, 6.07) is 0. The summed E-state index contributed by atoms with van der Waals surface area (Å²) < 4.78 is 0. The molecule has 0 fully saturated rings. The number of allylic oxidation sites excluding steroid dienone is 1. The highest BCUT2D eigenvalue weighted by molar-refractivity contribution is 4.75. The molecule has 0 aromatic rings. The van der Waals surface area contributed by atoms with Gasteiger partial charge in [0.1, 0.15) is 6.73 Å². The third-order valence-electron chi connectivity index (χ3n) is 0.563. The maximum absolute atomic E-state index is 8.13. The number of rotatable bonds is 3. The lowest BCUT2D eigenvalue weighted by Gasteiger charge is -1.87. The third-order valence-corrected chi connectivity index (χ3v) is 0.563. The molecule has 0 saturated carbocycles. The van der Waals surface area contributed by atoms with Crippen LogP contribution in [0, 0.1) is 0 Å². The van der Waals surface area contributed by atoms with E-state index >= 15 is 0 Å². The van der Waals surface area contributed by atoms with Gasteiger partial charge in [-0.15, -0.1) is 0 Å². The van der Waals surface area contributed by atoms with Crippen LogP contribution >= 0.6 is 0 Å². The molecule has 0 bridgehead atoms. The van der Waals surface area contributed by atoms with Gasteiger partial charge in [-0.25, -0.2) is 0 Å². The van der Waals surface area contributed by atoms with Gasteiger partial charge in [0, 0.05) is 0 Å². The Hall–Kier alpha value is -0.500. The quantitative estimate of drug-likeness (QED) is 0.506. The second-order valence-electron chi connectivity index (χ2n) is 1.17. The van der Waals surface area contributed by atoms with Crippen molar-refractivity contribution >= 4 is 0 Å². The van der Waals surface area contributed by atoms with Crippen molar-refractivity contribution < 1.29 is 5.11 Å². The van der Waals surface area contributed by atoms with Crippen LogP contribution in [-0.2, 0) is 0 Å². The molecule has 7 heavy (non-hydrogen) atoms. The summed E-state index contributed by atoms with van der Waals surface area (Å²) in [5.41, 5.74) is 0. The fraction of sp³-hybridized carbons (Fsp3) is 0.600. The van der Waals surface area contributed by atoms with Gasteiger partial charge in [0.25, 0.3) is 0 Å². The largest absolute Gasteiger partial charge is 0.377 e. The molecule has 0 spiro atoms. The summed E-state index contributed by atoms with van der Waals surface area (Å²) in [4.78, 5) is 0. The molecule has 0 rings (SSSR count). The fourth-order valence-electron chi connectivity index (χ4n) is 0.254. The Kier molecular flexibility index (Phi) is 5.11. The Bertz CT molecular complexity index is 52.0. The molecule has 0 unspecified atom stereocenters. The van der Waals surface area contributed by atoms with E-state index in [1.807, 2.05) is 13.0 Å². The highest BCUT2D eigenvalue weighted by Crippen LogP contribution is 1.72. The Morgan fingerprint density at radius 1 is 1.71 bits per heavy atom. The first-order valence-electron chi connectivity index (χ1n) is 2.41. The van der Waals surface area contributed by atoms with E-state index < -0.39 is 0 Å². The summed E-state index contributed by atoms with van der Waals surface area (Å²) >= 11 is 0. The molecule has 42 valence electrons. The van der Waals surface area contributed by atoms with E-state index in [-0.39, 0.29) is 6.73 Å². The molecule has 0 aromatic heterocycles. The van der Waals surface area contributed by atoms with Crippen LogP contribution in [0.1, 0.15) is 13.3 Å². The molecule has 2 heteroatoms. The van der Waals surface area contributed by atoms with E-state index in [0.717, 1.165) is 6.42 Å². The molecule has 2 nitrogen and oxygen atoms in total. The van der Waals surface area contributed by atoms with Crippen molar-refractivity contribution in [1.82, 2.24) is 5.32 Å². The van der Waals surface area contributed by atoms with Crippen LogP contribution in [0.2, 0.25) is 0 Å². The van der Waals surface area contributed by atoms with E-state index in [4.69, 9.17) is 5.11 Å². The first kappa shape index (κ1) is 6.50. The van der Waals surface area contributed by atoms with Crippen LogP contribution in [0.25, 0.3) is 0 Å². The SMILES string of the molecule is CC/C=C/NCO. The average Bonchev–Trinajstić information content (AvgIpc) is 1.69. The molecule has 0 heterocycles. The monoisotopic (exact) mass is 101 g/mol. The Morgan fingerprint density at radius 3 is 2.86 bits per heavy atom. The predicted molar refractivity (Wildman–Crippen MR) is 29.7 cm³/mol. The lowest BCUT2D eigenvalue weighted by Crippen LogP contribution is -2.03. The number of hydrogen-bond acceptors (Lipinski definition) is 2. The summed E-state index contributed by atoms with van der Waals surface area (Å²) in [5, 5.41) is 10.8. The standard InChI is InChI=1S/C5H11NO/c1-2-3-4-6-5-7/h3-4,6-7H,2,5H2,1H3/b4-3+. The van der Waals surface area contributed by atoms with Gasteiger partial charge in [-0.1, -0.05) is 13.0 Å². The summed E-state index contributed by atoms with van der Waals surface area (Å²) in [5.74, 6) is 0. The van der Waals surface area contributed by atoms with Crippen molar-refractivity contribution in [2.75, 3.05) is 6.73 Å². The Morgan fingerprint density at radius 2 is 2.43 bits per heavy atom. The molecule has 0 aliphatic rings. The van der Waals surface area contributed by atoms with E-state index in [1.54, 1.807) is 6.20 Å². The molecule has 0 aliphatic heterocycles. The van der Waals surface area contributed by atoms with Gasteiger partial charge in [0.2, 0.25) is 0 Å². The summed E-state index contributed by atoms with van der Waals surface area (Å²) in [6.07, 6.45) is 4.68. The second kappa shape index (κ2) is 5.50. The van der Waals surface area contributed by atoms with Crippen molar-refractivity contribution in [3.63, 3.8) is 0 Å². The molecule has 0 aromatic carbocycles. The van der Waals surface area contributed by atoms with E-state index in [2.05, 4.69) is 5.32 Å². The van der Waals surface area contributed by atoms with Crippen molar-refractivity contribution in [2.24, 2.45) is 0 Å². The highest BCUT2D eigenvalue weighted by atomic mass is 16.3. The minimum Gasteiger partial charge on any atom is -0.377 e. The zero-order valence-corrected chi connectivity index (χ0v) is 4.52. The van der Waals surface area contributed by atoms with Crippen LogP contribution in [0.5, 0.6) is 0 Å². The van der Waals surface area contributed by atoms with Crippen molar-refractivity contribution in [2.45, 2.75) is 13.3 Å². The molecular weight excluding hydrogens is 90.1 g/mol. The number of aliphatic hydroxyl groups excluding tert-OH is 1. The first-order chi connectivity index (χ1) is 3.41. The number of hydrogen-bond donors (Lipinski definition) is 2. The minimum absolute atomic E-state index is 0.0243. The van der Waals surface area contributed by atoms with Gasteiger partial charge in [-0.05, 0) is 12.6 Å². The maximum atomic E-state index is 8.13. The van der Waals surface area contributed by atoms with Crippen LogP contribution < -0.4 is 5.32 Å². The molecule has 0 amide bonds. The van der Waals surface area contributed by atoms with Gasteiger partial charge < -0.3 is 10.4 Å². The van der Waals surface area contributed by atoms with Crippen molar-refractivity contribution in [3.05, 3.63) is 12.3 Å². The van der Waals surface area contributed by atoms with Crippen LogP contribution in [0.4, 0.5) is 0 Å². The normalized spacial score (nSPS) is 10.0. The van der Waals surface area contributed by atoms with E-state index in [0.29, 0.717) is 0 Å². The summed E-state index contributed by atoms with van der Waals surface area (Å²) in [6.45, 7) is 2.06. The van der Waals surface area contributed by atoms with E-state index in [9.17, 15) is 0 Å². The lowest BCUT2D eigenvalue weighted by molar-refractivity contribution is 0.279. The van der Waals surface area contributed by atoms with Gasteiger partial charge >= 0.3 is 0 Å². The molecule has 2 N–H and O–H groups in total. The van der Waals surface area contributed by atoms with Gasteiger partial charge in [0.05, 0.1) is 0 Å². The molecule has 0 radical (unpaired) electrons. The number of nitrogens with one attached hydrogen (secondary N) is 1. The average molecular weight is 101 g/mol.